The molecule has 0 atom stereocenters. The Labute approximate surface area is 238 Å². The van der Waals surface area contributed by atoms with E-state index in [-0.39, 0.29) is 17.7 Å². The average molecular weight is 556 g/mol. The predicted octanol–water partition coefficient (Wildman–Crippen LogP) is 6.77. The summed E-state index contributed by atoms with van der Waals surface area (Å²) in [6.45, 7) is 3.54. The molecule has 0 spiro atoms. The molecule has 0 amide bonds. The van der Waals surface area contributed by atoms with Crippen LogP contribution in [0.4, 0.5) is 4.39 Å². The summed E-state index contributed by atoms with van der Waals surface area (Å²) in [7, 11) is 0. The number of carboxylic acid groups (broad SMARTS) is 1. The molecule has 0 bridgehead atoms. The van der Waals surface area contributed by atoms with Gasteiger partial charge in [0.1, 0.15) is 29.9 Å². The Bertz CT molecular complexity index is 1580. The third-order valence-corrected chi connectivity index (χ3v) is 8.79. The van der Waals surface area contributed by atoms with Crippen molar-refractivity contribution in [1.29, 1.82) is 0 Å². The van der Waals surface area contributed by atoms with Gasteiger partial charge in [0, 0.05) is 35.9 Å². The molecule has 2 aliphatic rings. The van der Waals surface area contributed by atoms with Gasteiger partial charge in [-0.2, -0.15) is 0 Å². The number of carbonyl (C=O) groups is 2. The lowest BCUT2D eigenvalue weighted by Gasteiger charge is -2.40. The van der Waals surface area contributed by atoms with E-state index in [4.69, 9.17) is 9.47 Å². The van der Waals surface area contributed by atoms with Gasteiger partial charge in [0.05, 0.1) is 5.52 Å². The van der Waals surface area contributed by atoms with Gasteiger partial charge in [-0.25, -0.2) is 4.39 Å². The Kier molecular flexibility index (Phi) is 7.39. The molecule has 1 saturated carbocycles. The number of halogens is 1. The van der Waals surface area contributed by atoms with Crippen LogP contribution in [0.1, 0.15) is 54.0 Å². The number of hydrogen-bond acceptors (Lipinski definition) is 4. The molecule has 1 aromatic heterocycles. The number of carboxylic acids is 1. The fourth-order valence-corrected chi connectivity index (χ4v) is 6.57. The number of carbonyl (C=O) groups excluding carboxylic acids is 1. The van der Waals surface area contributed by atoms with Crippen molar-refractivity contribution in [3.63, 3.8) is 0 Å². The molecule has 7 heteroatoms. The monoisotopic (exact) mass is 555 g/mol. The Balaban J connectivity index is 1.47. The molecule has 2 heterocycles. The Morgan fingerprint density at radius 2 is 1.85 bits per heavy atom. The summed E-state index contributed by atoms with van der Waals surface area (Å²) in [5.41, 5.74) is 4.55. The summed E-state index contributed by atoms with van der Waals surface area (Å²) in [5, 5.41) is 10.7. The molecule has 1 saturated heterocycles. The van der Waals surface area contributed by atoms with Crippen molar-refractivity contribution in [3.05, 3.63) is 94.9 Å². The van der Waals surface area contributed by atoms with Crippen LogP contribution in [-0.4, -0.2) is 35.1 Å². The molecule has 212 valence electrons. The molecule has 1 aliphatic carbocycles. The van der Waals surface area contributed by atoms with Crippen LogP contribution < -0.4 is 4.74 Å². The first-order valence-corrected chi connectivity index (χ1v) is 14.3. The molecule has 6 nitrogen and oxygen atoms in total. The number of hydrogen-bond donors (Lipinski definition) is 1. The van der Waals surface area contributed by atoms with Crippen LogP contribution in [0.2, 0.25) is 0 Å². The molecule has 2 fully saturated rings. The summed E-state index contributed by atoms with van der Waals surface area (Å²) in [5.74, 6) is -0.259. The highest BCUT2D eigenvalue weighted by Crippen LogP contribution is 2.49. The normalized spacial score (nSPS) is 21.0. The van der Waals surface area contributed by atoms with Crippen LogP contribution in [0.3, 0.4) is 0 Å². The molecule has 3 aromatic carbocycles. The average Bonchev–Trinajstić information content (AvgIpc) is 3.29. The van der Waals surface area contributed by atoms with Gasteiger partial charge in [-0.1, -0.05) is 30.3 Å². The van der Waals surface area contributed by atoms with Crippen molar-refractivity contribution in [1.82, 2.24) is 4.57 Å². The maximum absolute atomic E-state index is 14.3. The van der Waals surface area contributed by atoms with Crippen LogP contribution in [-0.2, 0) is 27.4 Å². The first-order chi connectivity index (χ1) is 19.9. The van der Waals surface area contributed by atoms with E-state index in [0.717, 1.165) is 52.0 Å². The second kappa shape index (κ2) is 11.1. The van der Waals surface area contributed by atoms with Gasteiger partial charge in [-0.3, -0.25) is 4.79 Å². The highest BCUT2D eigenvalue weighted by molar-refractivity contribution is 5.93. The number of rotatable bonds is 9. The number of aryl methyl sites for hydroxylation is 1. The Morgan fingerprint density at radius 1 is 1.10 bits per heavy atom. The first-order valence-electron chi connectivity index (χ1n) is 14.3. The third-order valence-electron chi connectivity index (χ3n) is 8.79. The van der Waals surface area contributed by atoms with Crippen LogP contribution in [0.25, 0.3) is 16.6 Å². The summed E-state index contributed by atoms with van der Waals surface area (Å²) in [4.78, 5) is 23.6. The Hall–Kier alpha value is -3.97. The summed E-state index contributed by atoms with van der Waals surface area (Å²) in [6, 6.07) is 21.3. The molecule has 0 unspecified atom stereocenters. The van der Waals surface area contributed by atoms with Crippen molar-refractivity contribution in [2.45, 2.75) is 51.6 Å². The Morgan fingerprint density at radius 3 is 2.54 bits per heavy atom. The molecule has 6 rings (SSSR count). The lowest BCUT2D eigenvalue weighted by atomic mass is 9.61. The van der Waals surface area contributed by atoms with Gasteiger partial charge in [0.15, 0.2) is 0 Å². The number of aliphatic carboxylic acids is 1. The van der Waals surface area contributed by atoms with E-state index >= 15 is 0 Å². The minimum atomic E-state index is -1.29. The van der Waals surface area contributed by atoms with Crippen LogP contribution >= 0.6 is 0 Å². The molecule has 1 aliphatic heterocycles. The van der Waals surface area contributed by atoms with Crippen molar-refractivity contribution >= 4 is 23.2 Å². The number of nitrogens with zero attached hydrogens (tertiary/aromatic N) is 1. The maximum Gasteiger partial charge on any atom is 0.316 e. The van der Waals surface area contributed by atoms with Crippen LogP contribution in [0.5, 0.6) is 5.75 Å². The number of aromatic nitrogens is 1. The molecule has 1 N–H and O–H groups in total. The van der Waals surface area contributed by atoms with Crippen molar-refractivity contribution in [3.8, 4) is 11.4 Å². The zero-order valence-corrected chi connectivity index (χ0v) is 23.1. The number of fused-ring (bicyclic) bond motifs is 1. The number of benzene rings is 3. The molecular weight excluding hydrogens is 521 g/mol. The summed E-state index contributed by atoms with van der Waals surface area (Å²) in [6.07, 6.45) is 3.63. The van der Waals surface area contributed by atoms with E-state index in [1.165, 1.54) is 6.07 Å². The van der Waals surface area contributed by atoms with Gasteiger partial charge < -0.3 is 23.9 Å². The summed E-state index contributed by atoms with van der Waals surface area (Å²) < 4.78 is 28.5. The van der Waals surface area contributed by atoms with E-state index < -0.39 is 11.4 Å². The van der Waals surface area contributed by atoms with Crippen LogP contribution in [0.15, 0.2) is 66.7 Å². The molecule has 0 radical (unpaired) electrons. The van der Waals surface area contributed by atoms with E-state index in [0.29, 0.717) is 50.9 Å². The van der Waals surface area contributed by atoms with Gasteiger partial charge in [-0.05, 0) is 98.0 Å². The molecular formula is C34H34FNO5. The van der Waals surface area contributed by atoms with E-state index in [9.17, 15) is 19.1 Å². The van der Waals surface area contributed by atoms with E-state index in [1.807, 2.05) is 48.5 Å². The van der Waals surface area contributed by atoms with Gasteiger partial charge >= 0.3 is 5.97 Å². The smallest absolute Gasteiger partial charge is 0.316 e. The first kappa shape index (κ1) is 27.2. The predicted molar refractivity (Wildman–Crippen MR) is 154 cm³/mol. The largest absolute Gasteiger partial charge is 0.489 e. The van der Waals surface area contributed by atoms with Gasteiger partial charge in [-0.15, -0.1) is 0 Å². The van der Waals surface area contributed by atoms with Crippen LogP contribution in [0, 0.1) is 24.1 Å². The molecule has 4 aromatic rings. The lowest BCUT2D eigenvalue weighted by Crippen LogP contribution is -2.46. The van der Waals surface area contributed by atoms with Crippen molar-refractivity contribution < 1.29 is 28.6 Å². The van der Waals surface area contributed by atoms with Gasteiger partial charge in [0.2, 0.25) is 0 Å². The van der Waals surface area contributed by atoms with Crippen molar-refractivity contribution in [2.75, 3.05) is 13.2 Å². The fourth-order valence-electron chi connectivity index (χ4n) is 6.57. The SMILES string of the molecule is Cc1cc(-n2c(C3CCOCC3)c(CC3CC(C=O)(C(=O)O)C3)c3cc(OCc4ccccc4)ccc32)ccc1F. The standard InChI is InChI=1S/C34H34FNO5/c1-22-15-26(7-9-30(22)35)36-31-10-8-27(41-20-23-5-3-2-4-6-23)17-28(31)29(32(36)25-11-13-40-14-12-25)16-24-18-34(19-24,21-37)33(38)39/h2-10,15,17,21,24-25H,11-14,16,18-20H2,1H3,(H,38,39). The number of ether oxygens (including phenoxy) is 2. The third kappa shape index (κ3) is 5.15. The zero-order valence-electron chi connectivity index (χ0n) is 23.1. The highest BCUT2D eigenvalue weighted by Gasteiger charge is 2.50. The minimum absolute atomic E-state index is 0.0674. The lowest BCUT2D eigenvalue weighted by molar-refractivity contribution is -0.160. The van der Waals surface area contributed by atoms with Crippen molar-refractivity contribution in [2.24, 2.45) is 11.3 Å². The van der Waals surface area contributed by atoms with E-state index in [1.54, 1.807) is 6.92 Å². The van der Waals surface area contributed by atoms with Gasteiger partial charge in [0.25, 0.3) is 0 Å². The maximum atomic E-state index is 14.3. The fraction of sp³-hybridized carbons (Fsp3) is 0.353. The topological polar surface area (TPSA) is 77.8 Å². The summed E-state index contributed by atoms with van der Waals surface area (Å²) >= 11 is 0. The second-order valence-corrected chi connectivity index (χ2v) is 11.5. The second-order valence-electron chi connectivity index (χ2n) is 11.5. The number of aldehydes is 1. The zero-order chi connectivity index (χ0) is 28.6. The quantitative estimate of drug-likeness (QED) is 0.182. The minimum Gasteiger partial charge on any atom is -0.489 e. The molecule has 41 heavy (non-hydrogen) atoms. The van der Waals surface area contributed by atoms with E-state index in [2.05, 4.69) is 16.7 Å². The highest BCUT2D eigenvalue weighted by atomic mass is 19.1.